The van der Waals surface area contributed by atoms with Gasteiger partial charge >= 0.3 is 0 Å². The fraction of sp³-hybridized carbons (Fsp3) is 0.471. The summed E-state index contributed by atoms with van der Waals surface area (Å²) in [7, 11) is 0. The highest BCUT2D eigenvalue weighted by molar-refractivity contribution is 5.96. The molecule has 1 atom stereocenters. The van der Waals surface area contributed by atoms with Crippen molar-refractivity contribution >= 4 is 5.78 Å². The van der Waals surface area contributed by atoms with Crippen molar-refractivity contribution in [1.82, 2.24) is 4.90 Å². The van der Waals surface area contributed by atoms with Gasteiger partial charge in [-0.3, -0.25) is 9.69 Å². The maximum atomic E-state index is 12.0. The molecule has 0 spiro atoms. The third kappa shape index (κ3) is 7.06. The Morgan fingerprint density at radius 1 is 1.43 bits per heavy atom. The van der Waals surface area contributed by atoms with Crippen molar-refractivity contribution in [3.8, 4) is 0 Å². The molecule has 1 rings (SSSR count). The second-order valence-corrected chi connectivity index (χ2v) is 4.47. The van der Waals surface area contributed by atoms with Gasteiger partial charge in [-0.05, 0) is 19.4 Å². The summed E-state index contributed by atoms with van der Waals surface area (Å²) in [5.41, 5.74) is 1.03. The fourth-order valence-electron chi connectivity index (χ4n) is 2.01. The second-order valence-electron chi connectivity index (χ2n) is 4.47. The Morgan fingerprint density at radius 3 is 2.67 bits per heavy atom. The van der Waals surface area contributed by atoms with E-state index in [1.54, 1.807) is 0 Å². The van der Waals surface area contributed by atoms with Crippen molar-refractivity contribution < 1.29 is 14.3 Å². The summed E-state index contributed by atoms with van der Waals surface area (Å²) in [6, 6.07) is 0. The van der Waals surface area contributed by atoms with Crippen LogP contribution in [0.2, 0.25) is 0 Å². The van der Waals surface area contributed by atoms with E-state index < -0.39 is 6.10 Å². The Labute approximate surface area is 128 Å². The molecule has 1 aliphatic rings. The van der Waals surface area contributed by atoms with Gasteiger partial charge < -0.3 is 9.47 Å². The number of ether oxygens (including phenoxy) is 2. The Kier molecular flexibility index (Phi) is 10.2. The molecule has 4 heteroatoms. The van der Waals surface area contributed by atoms with Crippen molar-refractivity contribution in [1.29, 1.82) is 0 Å². The van der Waals surface area contributed by atoms with E-state index in [0.29, 0.717) is 19.8 Å². The third-order valence-electron chi connectivity index (χ3n) is 2.87. The molecule has 1 unspecified atom stereocenters. The van der Waals surface area contributed by atoms with Crippen molar-refractivity contribution in [2.24, 2.45) is 0 Å². The Hall–Kier alpha value is -1.65. The van der Waals surface area contributed by atoms with Crippen LogP contribution in [0.4, 0.5) is 0 Å². The van der Waals surface area contributed by atoms with Crippen molar-refractivity contribution in [3.63, 3.8) is 0 Å². The maximum Gasteiger partial charge on any atom is 0.226 e. The van der Waals surface area contributed by atoms with Gasteiger partial charge in [0.25, 0.3) is 0 Å². The van der Waals surface area contributed by atoms with Crippen LogP contribution < -0.4 is 0 Å². The Morgan fingerprint density at radius 2 is 2.10 bits per heavy atom. The number of ketones is 1. The SMILES string of the molecule is C=C.C=C(/C=C\C)CN1CCOC(C(=O)C(=C)OCC)C1. The molecule has 0 saturated carbocycles. The van der Waals surface area contributed by atoms with E-state index in [-0.39, 0.29) is 11.5 Å². The summed E-state index contributed by atoms with van der Waals surface area (Å²) in [6.07, 6.45) is 3.46. The largest absolute Gasteiger partial charge is 0.491 e. The van der Waals surface area contributed by atoms with E-state index in [4.69, 9.17) is 9.47 Å². The number of allylic oxidation sites excluding steroid dienone is 1. The Balaban J connectivity index is 0.00000191. The number of morpholine rings is 1. The number of Topliss-reactive ketones (excluding diaryl/α,β-unsaturated/α-hetero) is 1. The first-order valence-corrected chi connectivity index (χ1v) is 7.08. The number of hydrogen-bond acceptors (Lipinski definition) is 4. The molecule has 0 aromatic heterocycles. The molecule has 0 aromatic carbocycles. The van der Waals surface area contributed by atoms with Crippen LogP contribution in [0.15, 0.2) is 49.8 Å². The highest BCUT2D eigenvalue weighted by atomic mass is 16.5. The second kappa shape index (κ2) is 11.1. The van der Waals surface area contributed by atoms with Crippen molar-refractivity contribution in [2.45, 2.75) is 20.0 Å². The first kappa shape index (κ1) is 19.4. The van der Waals surface area contributed by atoms with Gasteiger partial charge in [0.2, 0.25) is 5.78 Å². The molecule has 21 heavy (non-hydrogen) atoms. The summed E-state index contributed by atoms with van der Waals surface area (Å²) in [5, 5.41) is 0. The summed E-state index contributed by atoms with van der Waals surface area (Å²) in [4.78, 5) is 14.2. The van der Waals surface area contributed by atoms with E-state index in [9.17, 15) is 4.79 Å². The van der Waals surface area contributed by atoms with Crippen LogP contribution in [0.3, 0.4) is 0 Å². The molecule has 0 amide bonds. The molecule has 0 radical (unpaired) electrons. The maximum absolute atomic E-state index is 12.0. The van der Waals surface area contributed by atoms with Crippen LogP contribution in [0, 0.1) is 0 Å². The van der Waals surface area contributed by atoms with Gasteiger partial charge in [-0.15, -0.1) is 13.2 Å². The molecule has 0 N–H and O–H groups in total. The lowest BCUT2D eigenvalue weighted by molar-refractivity contribution is -0.135. The molecular formula is C17H27NO3. The molecule has 1 heterocycles. The molecule has 4 nitrogen and oxygen atoms in total. The molecule has 1 aliphatic heterocycles. The molecule has 0 aliphatic carbocycles. The molecule has 0 aromatic rings. The van der Waals surface area contributed by atoms with Gasteiger partial charge in [-0.2, -0.15) is 0 Å². The fourth-order valence-corrected chi connectivity index (χ4v) is 2.01. The lowest BCUT2D eigenvalue weighted by Crippen LogP contribution is -2.47. The van der Waals surface area contributed by atoms with Crippen molar-refractivity contribution in [2.75, 3.05) is 32.8 Å². The molecule has 0 bridgehead atoms. The Bertz CT molecular complexity index is 387. The standard InChI is InChI=1S/C15H23NO3.C2H4/c1-5-7-12(3)10-16-8-9-19-14(11-16)15(17)13(4)18-6-2;1-2/h5,7,14H,3-4,6,8-11H2,1-2H3;1-2H2/b7-5-;. The zero-order valence-corrected chi connectivity index (χ0v) is 13.3. The molecular weight excluding hydrogens is 266 g/mol. The number of carbonyl (C=O) groups excluding carboxylic acids is 1. The van der Waals surface area contributed by atoms with Crippen LogP contribution >= 0.6 is 0 Å². The number of nitrogens with zero attached hydrogens (tertiary/aromatic N) is 1. The van der Waals surface area contributed by atoms with Crippen LogP contribution in [-0.2, 0) is 14.3 Å². The highest BCUT2D eigenvalue weighted by Gasteiger charge is 2.28. The minimum atomic E-state index is -0.480. The predicted molar refractivity (Wildman–Crippen MR) is 87.2 cm³/mol. The van der Waals surface area contributed by atoms with Gasteiger partial charge in [-0.1, -0.05) is 25.3 Å². The zero-order valence-electron chi connectivity index (χ0n) is 13.3. The number of hydrogen-bond donors (Lipinski definition) is 0. The first-order valence-electron chi connectivity index (χ1n) is 7.08. The van der Waals surface area contributed by atoms with Crippen LogP contribution in [0.25, 0.3) is 0 Å². The van der Waals surface area contributed by atoms with Crippen LogP contribution in [0.1, 0.15) is 13.8 Å². The number of rotatable bonds is 7. The van der Waals surface area contributed by atoms with Crippen LogP contribution in [-0.4, -0.2) is 49.6 Å². The average Bonchev–Trinajstić information content (AvgIpc) is 2.49. The first-order chi connectivity index (χ1) is 10.1. The predicted octanol–water partition coefficient (Wildman–Crippen LogP) is 2.74. The molecule has 118 valence electrons. The van der Waals surface area contributed by atoms with Crippen LogP contribution in [0.5, 0.6) is 0 Å². The average molecular weight is 293 g/mol. The van der Waals surface area contributed by atoms with Gasteiger partial charge in [-0.25, -0.2) is 0 Å². The molecule has 1 saturated heterocycles. The summed E-state index contributed by atoms with van der Waals surface area (Å²) >= 11 is 0. The van der Waals surface area contributed by atoms with Gasteiger partial charge in [0.05, 0.1) is 13.2 Å². The van der Waals surface area contributed by atoms with E-state index in [2.05, 4.69) is 31.2 Å². The van der Waals surface area contributed by atoms with Crippen molar-refractivity contribution in [3.05, 3.63) is 49.8 Å². The summed E-state index contributed by atoms with van der Waals surface area (Å²) in [5.74, 6) is 0.0184. The topological polar surface area (TPSA) is 38.8 Å². The van der Waals surface area contributed by atoms with E-state index in [1.165, 1.54) is 0 Å². The zero-order chi connectivity index (χ0) is 16.3. The summed E-state index contributed by atoms with van der Waals surface area (Å²) < 4.78 is 10.6. The third-order valence-corrected chi connectivity index (χ3v) is 2.87. The van der Waals surface area contributed by atoms with Gasteiger partial charge in [0.15, 0.2) is 5.76 Å². The lowest BCUT2D eigenvalue weighted by atomic mass is 10.1. The monoisotopic (exact) mass is 293 g/mol. The van der Waals surface area contributed by atoms with E-state index >= 15 is 0 Å². The quantitative estimate of drug-likeness (QED) is 0.313. The van der Waals surface area contributed by atoms with E-state index in [1.807, 2.05) is 26.0 Å². The summed E-state index contributed by atoms with van der Waals surface area (Å²) in [6.45, 7) is 20.5. The van der Waals surface area contributed by atoms with Gasteiger partial charge in [0.1, 0.15) is 6.10 Å². The number of carbonyl (C=O) groups is 1. The normalized spacial score (nSPS) is 18.7. The molecule has 1 fully saturated rings. The lowest BCUT2D eigenvalue weighted by Gasteiger charge is -2.32. The smallest absolute Gasteiger partial charge is 0.226 e. The highest BCUT2D eigenvalue weighted by Crippen LogP contribution is 2.12. The van der Waals surface area contributed by atoms with Gasteiger partial charge in [0, 0.05) is 19.6 Å². The minimum Gasteiger partial charge on any atom is -0.491 e. The van der Waals surface area contributed by atoms with E-state index in [0.717, 1.165) is 18.7 Å². The minimum absolute atomic E-state index is 0.164.